The van der Waals surface area contributed by atoms with Crippen LogP contribution >= 0.6 is 12.2 Å². The zero-order valence-electron chi connectivity index (χ0n) is 17.5. The summed E-state index contributed by atoms with van der Waals surface area (Å²) in [7, 11) is -3.26. The van der Waals surface area contributed by atoms with Crippen LogP contribution in [0.5, 0.6) is 0 Å². The Kier molecular flexibility index (Phi) is 6.10. The van der Waals surface area contributed by atoms with Gasteiger partial charge in [-0.05, 0) is 49.0 Å². The summed E-state index contributed by atoms with van der Waals surface area (Å²) in [6.45, 7) is 3.10. The van der Waals surface area contributed by atoms with Gasteiger partial charge in [0.05, 0.1) is 29.5 Å². The van der Waals surface area contributed by atoms with Crippen LogP contribution in [0.3, 0.4) is 0 Å². The van der Waals surface area contributed by atoms with Crippen LogP contribution in [0.2, 0.25) is 0 Å². The van der Waals surface area contributed by atoms with Crippen molar-refractivity contribution in [3.63, 3.8) is 0 Å². The molecule has 9 nitrogen and oxygen atoms in total. The summed E-state index contributed by atoms with van der Waals surface area (Å²) in [6.07, 6.45) is 6.40. The molecule has 1 aromatic carbocycles. The molecule has 0 fully saturated rings. The average Bonchev–Trinajstić information content (AvgIpc) is 3.21. The van der Waals surface area contributed by atoms with Crippen LogP contribution < -0.4 is 10.6 Å². The van der Waals surface area contributed by atoms with E-state index in [4.69, 9.17) is 12.2 Å². The molecule has 11 heteroatoms. The van der Waals surface area contributed by atoms with Gasteiger partial charge in [-0.25, -0.2) is 18.4 Å². The predicted octanol–water partition coefficient (Wildman–Crippen LogP) is 2.65. The third-order valence-electron chi connectivity index (χ3n) is 4.59. The lowest BCUT2D eigenvalue weighted by Crippen LogP contribution is -2.28. The van der Waals surface area contributed by atoms with Crippen LogP contribution in [0.15, 0.2) is 59.9 Å². The Bertz CT molecular complexity index is 1400. The second-order valence-corrected chi connectivity index (χ2v) is 9.55. The second kappa shape index (κ2) is 8.97. The van der Waals surface area contributed by atoms with E-state index in [2.05, 4.69) is 30.7 Å². The van der Waals surface area contributed by atoms with E-state index in [9.17, 15) is 8.42 Å². The summed E-state index contributed by atoms with van der Waals surface area (Å²) >= 11 is 5.20. The smallest absolute Gasteiger partial charge is 0.180 e. The Hall–Kier alpha value is -3.44. The standard InChI is InChI=1S/C21H21N7O2S2/c1-3-22-21(31)27-19-8-7-17-20(26-19)25-18(11-23-17)15-10-24-28(13-15)12-14-5-4-6-16(9-14)32(2,29)30/h4-11,13H,3,12H2,1-2H3,(H2,22,25,26,27,31). The zero-order valence-corrected chi connectivity index (χ0v) is 19.1. The van der Waals surface area contributed by atoms with E-state index in [1.165, 1.54) is 6.26 Å². The Morgan fingerprint density at radius 1 is 1.16 bits per heavy atom. The number of sulfone groups is 1. The summed E-state index contributed by atoms with van der Waals surface area (Å²) in [5.41, 5.74) is 3.40. The van der Waals surface area contributed by atoms with Gasteiger partial charge in [0, 0.05) is 24.6 Å². The lowest BCUT2D eigenvalue weighted by molar-refractivity contribution is 0.601. The molecule has 0 saturated carbocycles. The number of nitrogens with zero attached hydrogens (tertiary/aromatic N) is 5. The molecule has 0 atom stereocenters. The number of hydrogen-bond donors (Lipinski definition) is 2. The molecular weight excluding hydrogens is 446 g/mol. The fourth-order valence-electron chi connectivity index (χ4n) is 3.07. The first-order chi connectivity index (χ1) is 15.3. The number of hydrogen-bond acceptors (Lipinski definition) is 7. The molecule has 32 heavy (non-hydrogen) atoms. The molecule has 0 aliphatic rings. The molecule has 4 rings (SSSR count). The van der Waals surface area contributed by atoms with Gasteiger partial charge >= 0.3 is 0 Å². The lowest BCUT2D eigenvalue weighted by Gasteiger charge is -2.08. The Labute approximate surface area is 190 Å². The first kappa shape index (κ1) is 21.8. The number of benzene rings is 1. The zero-order chi connectivity index (χ0) is 22.7. The molecule has 3 heterocycles. The van der Waals surface area contributed by atoms with Crippen molar-refractivity contribution in [3.8, 4) is 11.3 Å². The number of thiocarbonyl (C=S) groups is 1. The number of fused-ring (bicyclic) bond motifs is 1. The summed E-state index contributed by atoms with van der Waals surface area (Å²) in [6, 6.07) is 10.4. The molecule has 3 aromatic heterocycles. The van der Waals surface area contributed by atoms with Crippen molar-refractivity contribution in [3.05, 3.63) is 60.6 Å². The maximum atomic E-state index is 11.8. The molecule has 164 valence electrons. The van der Waals surface area contributed by atoms with E-state index in [0.717, 1.165) is 11.1 Å². The van der Waals surface area contributed by atoms with Gasteiger partial charge in [-0.15, -0.1) is 0 Å². The Morgan fingerprint density at radius 3 is 2.78 bits per heavy atom. The van der Waals surface area contributed by atoms with Crippen molar-refractivity contribution in [1.29, 1.82) is 0 Å². The number of aromatic nitrogens is 5. The van der Waals surface area contributed by atoms with Crippen LogP contribution in [-0.4, -0.2) is 51.1 Å². The highest BCUT2D eigenvalue weighted by Gasteiger charge is 2.10. The van der Waals surface area contributed by atoms with E-state index in [1.807, 2.05) is 25.3 Å². The Balaban J connectivity index is 1.57. The van der Waals surface area contributed by atoms with Crippen molar-refractivity contribution < 1.29 is 8.42 Å². The molecule has 0 unspecified atom stereocenters. The van der Waals surface area contributed by atoms with Gasteiger partial charge in [-0.1, -0.05) is 12.1 Å². The fourth-order valence-corrected chi connectivity index (χ4v) is 4.01. The highest BCUT2D eigenvalue weighted by molar-refractivity contribution is 7.90. The van der Waals surface area contributed by atoms with Gasteiger partial charge < -0.3 is 10.6 Å². The third-order valence-corrected chi connectivity index (χ3v) is 5.94. The summed E-state index contributed by atoms with van der Waals surface area (Å²) in [5, 5.41) is 10.9. The van der Waals surface area contributed by atoms with Gasteiger partial charge in [-0.3, -0.25) is 9.67 Å². The predicted molar refractivity (Wildman–Crippen MR) is 127 cm³/mol. The van der Waals surface area contributed by atoms with Crippen LogP contribution in [0.1, 0.15) is 12.5 Å². The van der Waals surface area contributed by atoms with Crippen molar-refractivity contribution in [2.75, 3.05) is 18.1 Å². The first-order valence-corrected chi connectivity index (χ1v) is 12.1. The normalized spacial score (nSPS) is 11.4. The molecule has 0 spiro atoms. The van der Waals surface area contributed by atoms with Crippen LogP contribution in [0.25, 0.3) is 22.4 Å². The van der Waals surface area contributed by atoms with Gasteiger partial charge in [-0.2, -0.15) is 5.10 Å². The van der Waals surface area contributed by atoms with Gasteiger partial charge in [0.25, 0.3) is 0 Å². The number of nitrogens with one attached hydrogen (secondary N) is 2. The third kappa shape index (κ3) is 5.06. The molecule has 0 saturated heterocycles. The highest BCUT2D eigenvalue weighted by Crippen LogP contribution is 2.20. The number of anilines is 1. The van der Waals surface area contributed by atoms with E-state index in [1.54, 1.807) is 41.3 Å². The van der Waals surface area contributed by atoms with E-state index < -0.39 is 9.84 Å². The molecular formula is C21H21N7O2S2. The van der Waals surface area contributed by atoms with E-state index in [-0.39, 0.29) is 4.90 Å². The van der Waals surface area contributed by atoms with Gasteiger partial charge in [0.15, 0.2) is 20.6 Å². The van der Waals surface area contributed by atoms with Crippen molar-refractivity contribution in [1.82, 2.24) is 30.0 Å². The van der Waals surface area contributed by atoms with Crippen LogP contribution in [0.4, 0.5) is 5.82 Å². The van der Waals surface area contributed by atoms with Crippen LogP contribution in [-0.2, 0) is 16.4 Å². The largest absolute Gasteiger partial charge is 0.363 e. The van der Waals surface area contributed by atoms with Gasteiger partial charge in [0.1, 0.15) is 11.3 Å². The quantitative estimate of drug-likeness (QED) is 0.413. The minimum Gasteiger partial charge on any atom is -0.363 e. The second-order valence-electron chi connectivity index (χ2n) is 7.13. The topological polar surface area (TPSA) is 115 Å². The summed E-state index contributed by atoms with van der Waals surface area (Å²) in [5.74, 6) is 0.580. The minimum atomic E-state index is -3.26. The molecule has 0 aliphatic heterocycles. The number of rotatable bonds is 6. The van der Waals surface area contributed by atoms with Crippen molar-refractivity contribution in [2.24, 2.45) is 0 Å². The SMILES string of the molecule is CCNC(=S)Nc1ccc2ncc(-c3cnn(Cc4cccc(S(C)(=O)=O)c4)c3)nc2n1. The molecule has 0 aliphatic carbocycles. The molecule has 2 N–H and O–H groups in total. The van der Waals surface area contributed by atoms with Crippen molar-refractivity contribution in [2.45, 2.75) is 18.4 Å². The molecule has 0 radical (unpaired) electrons. The monoisotopic (exact) mass is 467 g/mol. The van der Waals surface area contributed by atoms with Crippen LogP contribution in [0, 0.1) is 0 Å². The van der Waals surface area contributed by atoms with E-state index >= 15 is 0 Å². The Morgan fingerprint density at radius 2 is 2.00 bits per heavy atom. The average molecular weight is 468 g/mol. The molecule has 0 bridgehead atoms. The molecule has 0 amide bonds. The minimum absolute atomic E-state index is 0.284. The first-order valence-electron chi connectivity index (χ1n) is 9.82. The lowest BCUT2D eigenvalue weighted by atomic mass is 10.2. The van der Waals surface area contributed by atoms with Gasteiger partial charge in [0.2, 0.25) is 0 Å². The highest BCUT2D eigenvalue weighted by atomic mass is 32.2. The van der Waals surface area contributed by atoms with E-state index in [0.29, 0.717) is 40.9 Å². The summed E-state index contributed by atoms with van der Waals surface area (Å²) < 4.78 is 25.3. The van der Waals surface area contributed by atoms with Crippen molar-refractivity contribution >= 4 is 44.1 Å². The molecule has 4 aromatic rings. The summed E-state index contributed by atoms with van der Waals surface area (Å²) in [4.78, 5) is 13.8. The maximum absolute atomic E-state index is 11.8. The maximum Gasteiger partial charge on any atom is 0.180 e. The fraction of sp³-hybridized carbons (Fsp3) is 0.190. The number of pyridine rings is 1.